The summed E-state index contributed by atoms with van der Waals surface area (Å²) in [6, 6.07) is 30.8. The summed E-state index contributed by atoms with van der Waals surface area (Å²) in [6.45, 7) is 0. The molecule has 5 heteroatoms. The monoisotopic (exact) mass is 477 g/mol. The first-order valence-corrected chi connectivity index (χ1v) is 12.2. The van der Waals surface area contributed by atoms with E-state index in [9.17, 15) is 0 Å². The number of H-pyrrole nitrogens is 2. The molecule has 3 aromatic heterocycles. The van der Waals surface area contributed by atoms with Gasteiger partial charge in [-0.25, -0.2) is 9.97 Å². The highest BCUT2D eigenvalue weighted by atomic mass is 14.8. The van der Waals surface area contributed by atoms with Gasteiger partial charge in [0.25, 0.3) is 0 Å². The lowest BCUT2D eigenvalue weighted by atomic mass is 10.0. The Kier molecular flexibility index (Phi) is 4.86. The fourth-order valence-corrected chi connectivity index (χ4v) is 4.94. The second kappa shape index (κ2) is 8.50. The number of fused-ring (bicyclic) bond motifs is 8. The smallest absolute Gasteiger partial charge is 0.0736 e. The minimum Gasteiger partial charge on any atom is -0.399 e. The van der Waals surface area contributed by atoms with Crippen LogP contribution in [-0.2, 0) is 0 Å². The van der Waals surface area contributed by atoms with Crippen LogP contribution in [0.5, 0.6) is 0 Å². The summed E-state index contributed by atoms with van der Waals surface area (Å²) in [6.07, 6.45) is 8.25. The number of aromatic amines is 2. The van der Waals surface area contributed by atoms with Crippen molar-refractivity contribution < 1.29 is 0 Å². The minimum atomic E-state index is 0.731. The Morgan fingerprint density at radius 3 is 1.57 bits per heavy atom. The first-order chi connectivity index (χ1) is 18.2. The van der Waals surface area contributed by atoms with Crippen LogP contribution in [0.2, 0.25) is 0 Å². The maximum Gasteiger partial charge on any atom is 0.0736 e. The van der Waals surface area contributed by atoms with Crippen molar-refractivity contribution in [2.75, 3.05) is 5.73 Å². The third-order valence-electron chi connectivity index (χ3n) is 6.66. The molecule has 0 unspecified atom stereocenters. The summed E-state index contributed by atoms with van der Waals surface area (Å²) < 4.78 is 0. The SMILES string of the molecule is Nc1ccc(-c2c3nc(cc4ccc([nH]4)c(-c4ccccc4)c4nc(cc5ccc2[nH]5)C=C4)C=C3)cc1. The van der Waals surface area contributed by atoms with E-state index >= 15 is 0 Å². The van der Waals surface area contributed by atoms with Crippen LogP contribution in [0, 0.1) is 0 Å². The summed E-state index contributed by atoms with van der Waals surface area (Å²) in [5, 5.41) is 0. The molecule has 0 amide bonds. The van der Waals surface area contributed by atoms with Crippen molar-refractivity contribution >= 4 is 52.1 Å². The van der Waals surface area contributed by atoms with Crippen LogP contribution in [0.15, 0.2) is 91.0 Å². The Morgan fingerprint density at radius 1 is 0.514 bits per heavy atom. The van der Waals surface area contributed by atoms with Gasteiger partial charge in [-0.3, -0.25) is 0 Å². The van der Waals surface area contributed by atoms with Gasteiger partial charge in [0, 0.05) is 38.9 Å². The molecule has 2 aromatic carbocycles. The fourth-order valence-electron chi connectivity index (χ4n) is 4.94. The molecule has 0 radical (unpaired) electrons. The highest BCUT2D eigenvalue weighted by molar-refractivity contribution is 5.93. The molecule has 5 heterocycles. The number of nitrogen functional groups attached to an aromatic ring is 1. The molecule has 0 fully saturated rings. The van der Waals surface area contributed by atoms with Crippen molar-refractivity contribution in [1.82, 2.24) is 19.9 Å². The van der Waals surface area contributed by atoms with Gasteiger partial charge in [0.05, 0.1) is 22.8 Å². The van der Waals surface area contributed by atoms with Crippen molar-refractivity contribution in [3.63, 3.8) is 0 Å². The molecule has 2 aliphatic rings. The van der Waals surface area contributed by atoms with Gasteiger partial charge in [-0.15, -0.1) is 0 Å². The van der Waals surface area contributed by atoms with Gasteiger partial charge in [-0.05, 0) is 84.0 Å². The number of anilines is 1. The zero-order valence-electron chi connectivity index (χ0n) is 19.9. The lowest BCUT2D eigenvalue weighted by Crippen LogP contribution is -1.87. The predicted octanol–water partition coefficient (Wildman–Crippen LogP) is 7.57. The average Bonchev–Trinajstić information content (AvgIpc) is 3.72. The Morgan fingerprint density at radius 2 is 1.03 bits per heavy atom. The number of hydrogen-bond donors (Lipinski definition) is 3. The topological polar surface area (TPSA) is 83.4 Å². The molecular formula is C32H23N5. The van der Waals surface area contributed by atoms with Gasteiger partial charge < -0.3 is 15.7 Å². The molecule has 0 aliphatic carbocycles. The van der Waals surface area contributed by atoms with E-state index in [4.69, 9.17) is 15.7 Å². The Balaban J connectivity index is 1.57. The van der Waals surface area contributed by atoms with Crippen LogP contribution in [-0.4, -0.2) is 19.9 Å². The maximum atomic E-state index is 5.97. The minimum absolute atomic E-state index is 0.731. The van der Waals surface area contributed by atoms with E-state index in [-0.39, 0.29) is 0 Å². The summed E-state index contributed by atoms with van der Waals surface area (Å²) in [7, 11) is 0. The van der Waals surface area contributed by atoms with Gasteiger partial charge in [0.15, 0.2) is 0 Å². The molecule has 5 aromatic rings. The average molecular weight is 478 g/mol. The van der Waals surface area contributed by atoms with Gasteiger partial charge >= 0.3 is 0 Å². The Hall–Kier alpha value is -5.16. The molecule has 0 spiro atoms. The second-order valence-corrected chi connectivity index (χ2v) is 9.19. The molecule has 0 atom stereocenters. The van der Waals surface area contributed by atoms with Crippen LogP contribution in [0.25, 0.3) is 68.6 Å². The fraction of sp³-hybridized carbons (Fsp3) is 0. The lowest BCUT2D eigenvalue weighted by Gasteiger charge is -2.04. The first-order valence-electron chi connectivity index (χ1n) is 12.2. The van der Waals surface area contributed by atoms with Crippen molar-refractivity contribution in [2.45, 2.75) is 0 Å². The van der Waals surface area contributed by atoms with E-state index in [1.165, 1.54) is 0 Å². The normalized spacial score (nSPS) is 12.2. The third kappa shape index (κ3) is 3.93. The number of nitrogens with zero attached hydrogens (tertiary/aromatic N) is 2. The molecule has 37 heavy (non-hydrogen) atoms. The van der Waals surface area contributed by atoms with Crippen molar-refractivity contribution in [2.24, 2.45) is 0 Å². The highest BCUT2D eigenvalue weighted by Gasteiger charge is 2.13. The first kappa shape index (κ1) is 21.1. The number of rotatable bonds is 2. The predicted molar refractivity (Wildman–Crippen MR) is 154 cm³/mol. The Labute approximate surface area is 213 Å². The maximum absolute atomic E-state index is 5.97. The molecular weight excluding hydrogens is 454 g/mol. The number of aromatic nitrogens is 4. The number of benzene rings is 2. The lowest BCUT2D eigenvalue weighted by molar-refractivity contribution is 1.31. The zero-order valence-corrected chi connectivity index (χ0v) is 19.9. The van der Waals surface area contributed by atoms with Crippen LogP contribution < -0.4 is 5.73 Å². The summed E-state index contributed by atoms with van der Waals surface area (Å²) in [5.41, 5.74) is 18.5. The second-order valence-electron chi connectivity index (χ2n) is 9.19. The third-order valence-corrected chi connectivity index (χ3v) is 6.66. The van der Waals surface area contributed by atoms with Gasteiger partial charge in [-0.2, -0.15) is 0 Å². The van der Waals surface area contributed by atoms with Crippen molar-refractivity contribution in [3.8, 4) is 22.3 Å². The number of nitrogens with two attached hydrogens (primary N) is 1. The molecule has 7 rings (SSSR count). The van der Waals surface area contributed by atoms with Crippen LogP contribution >= 0.6 is 0 Å². The van der Waals surface area contributed by atoms with E-state index in [1.807, 2.05) is 36.4 Å². The highest BCUT2D eigenvalue weighted by Crippen LogP contribution is 2.32. The van der Waals surface area contributed by atoms with Crippen LogP contribution in [0.3, 0.4) is 0 Å². The molecule has 8 bridgehead atoms. The standard InChI is InChI=1S/C32H23N5/c33-22-8-6-21(7-9-22)32-29-16-12-25(36-29)18-23-10-14-27(34-23)31(20-4-2-1-3-5-20)28-15-11-24(35-28)19-26-13-17-30(32)37-26/h1-19,34,37H,33H2. The summed E-state index contributed by atoms with van der Waals surface area (Å²) in [5.74, 6) is 0. The van der Waals surface area contributed by atoms with E-state index in [0.717, 1.165) is 72.8 Å². The molecule has 0 saturated carbocycles. The summed E-state index contributed by atoms with van der Waals surface area (Å²) in [4.78, 5) is 17.1. The van der Waals surface area contributed by atoms with Gasteiger partial charge in [0.1, 0.15) is 0 Å². The largest absolute Gasteiger partial charge is 0.399 e. The van der Waals surface area contributed by atoms with Gasteiger partial charge in [-0.1, -0.05) is 42.5 Å². The molecule has 5 nitrogen and oxygen atoms in total. The van der Waals surface area contributed by atoms with Crippen molar-refractivity contribution in [1.29, 1.82) is 0 Å². The number of hydrogen-bond acceptors (Lipinski definition) is 3. The van der Waals surface area contributed by atoms with Gasteiger partial charge in [0.2, 0.25) is 0 Å². The molecule has 176 valence electrons. The van der Waals surface area contributed by atoms with Crippen molar-refractivity contribution in [3.05, 3.63) is 114 Å². The van der Waals surface area contributed by atoms with E-state index in [1.54, 1.807) is 0 Å². The van der Waals surface area contributed by atoms with E-state index in [0.29, 0.717) is 0 Å². The van der Waals surface area contributed by atoms with E-state index in [2.05, 4.69) is 88.9 Å². The molecule has 2 aliphatic heterocycles. The van der Waals surface area contributed by atoms with E-state index < -0.39 is 0 Å². The molecule has 4 N–H and O–H groups in total. The quantitative estimate of drug-likeness (QED) is 0.225. The van der Waals surface area contributed by atoms with Crippen LogP contribution in [0.4, 0.5) is 5.69 Å². The number of nitrogens with one attached hydrogen (secondary N) is 2. The van der Waals surface area contributed by atoms with Crippen LogP contribution in [0.1, 0.15) is 22.8 Å². The zero-order chi connectivity index (χ0) is 24.8. The Bertz CT molecular complexity index is 1870. The molecule has 0 saturated heterocycles. The summed E-state index contributed by atoms with van der Waals surface area (Å²) >= 11 is 0.